The van der Waals surface area contributed by atoms with Gasteiger partial charge < -0.3 is 4.57 Å². The highest BCUT2D eigenvalue weighted by atomic mass is 32.2. The molecule has 1 amide bonds. The Labute approximate surface area is 184 Å². The Balaban J connectivity index is 1.62. The van der Waals surface area contributed by atoms with Crippen LogP contribution in [0.1, 0.15) is 30.2 Å². The molecule has 154 valence electrons. The lowest BCUT2D eigenvalue weighted by atomic mass is 10.1. The number of thioether (sulfide) groups is 1. The zero-order valence-corrected chi connectivity index (χ0v) is 18.1. The minimum atomic E-state index is -0.393. The second kappa shape index (κ2) is 7.67. The highest BCUT2D eigenvalue weighted by molar-refractivity contribution is 8.26. The molecule has 6 nitrogen and oxygen atoms in total. The summed E-state index contributed by atoms with van der Waals surface area (Å²) < 4.78 is 2.25. The summed E-state index contributed by atoms with van der Waals surface area (Å²) in [4.78, 5) is 17.0. The molecule has 5 rings (SSSR count). The van der Waals surface area contributed by atoms with E-state index in [1.54, 1.807) is 6.08 Å². The topological polar surface area (TPSA) is 73.8 Å². The van der Waals surface area contributed by atoms with E-state index in [1.165, 1.54) is 22.3 Å². The molecule has 0 saturated heterocycles. The number of nitrogens with zero attached hydrogens (tertiary/aromatic N) is 4. The first-order valence-electron chi connectivity index (χ1n) is 10.2. The molecular formula is C24H21N5OS. The monoisotopic (exact) mass is 427 g/mol. The lowest BCUT2D eigenvalue weighted by molar-refractivity contribution is -0.114. The van der Waals surface area contributed by atoms with E-state index in [2.05, 4.69) is 45.9 Å². The molecule has 0 radical (unpaired) electrons. The number of hydrogen-bond acceptors (Lipinski definition) is 4. The van der Waals surface area contributed by atoms with Crippen LogP contribution in [0.25, 0.3) is 17.0 Å². The van der Waals surface area contributed by atoms with Gasteiger partial charge in [0.05, 0.1) is 5.57 Å². The van der Waals surface area contributed by atoms with Gasteiger partial charge in [-0.05, 0) is 42.8 Å². The fraction of sp³-hybridized carbons (Fsp3) is 0.167. The first-order chi connectivity index (χ1) is 15.1. The van der Waals surface area contributed by atoms with Crippen molar-refractivity contribution in [1.29, 1.82) is 5.41 Å². The largest absolute Gasteiger partial charge is 0.340 e. The minimum Gasteiger partial charge on any atom is -0.340 e. The molecular weight excluding hydrogens is 406 g/mol. The highest BCUT2D eigenvalue weighted by Gasteiger charge is 2.35. The Hall–Kier alpha value is -3.45. The summed E-state index contributed by atoms with van der Waals surface area (Å²) in [6.45, 7) is 4.79. The van der Waals surface area contributed by atoms with Gasteiger partial charge in [-0.15, -0.1) is 0 Å². The number of rotatable bonds is 4. The molecule has 0 fully saturated rings. The van der Waals surface area contributed by atoms with Crippen LogP contribution in [0.4, 0.5) is 0 Å². The number of amidine groups is 2. The Kier molecular flexibility index (Phi) is 4.82. The van der Waals surface area contributed by atoms with Crippen LogP contribution in [-0.2, 0) is 11.3 Å². The summed E-state index contributed by atoms with van der Waals surface area (Å²) in [6.07, 6.45) is 2.54. The van der Waals surface area contributed by atoms with E-state index in [-0.39, 0.29) is 11.4 Å². The first kappa shape index (κ1) is 19.5. The van der Waals surface area contributed by atoms with Crippen molar-refractivity contribution in [2.45, 2.75) is 26.8 Å². The quantitative estimate of drug-likeness (QED) is 0.594. The number of carbonyl (C=O) groups is 1. The van der Waals surface area contributed by atoms with Gasteiger partial charge in [-0.1, -0.05) is 55.5 Å². The average molecular weight is 428 g/mol. The van der Waals surface area contributed by atoms with Crippen molar-refractivity contribution in [2.75, 3.05) is 0 Å². The lowest BCUT2D eigenvalue weighted by Crippen LogP contribution is -2.35. The standard InChI is InChI=1S/C24H21N5OS/c1-3-21-27-29-22(25)19(23(30)26-24(29)31-21)13-18-15(2)28(14-16-9-5-4-6-10-16)20-12-8-7-11-17(18)20/h4-13,25H,3,14H2,1-2H3/b19-13-,25-22?. The molecule has 7 heteroatoms. The summed E-state index contributed by atoms with van der Waals surface area (Å²) >= 11 is 1.35. The molecule has 0 bridgehead atoms. The Morgan fingerprint density at radius 3 is 2.61 bits per heavy atom. The van der Waals surface area contributed by atoms with Crippen LogP contribution in [0, 0.1) is 12.3 Å². The van der Waals surface area contributed by atoms with E-state index in [9.17, 15) is 4.79 Å². The number of para-hydroxylation sites is 1. The van der Waals surface area contributed by atoms with Crippen molar-refractivity contribution in [3.63, 3.8) is 0 Å². The van der Waals surface area contributed by atoms with Gasteiger partial charge in [-0.3, -0.25) is 10.2 Å². The number of hydrogen-bond donors (Lipinski definition) is 1. The van der Waals surface area contributed by atoms with Crippen LogP contribution in [0.2, 0.25) is 0 Å². The molecule has 0 unspecified atom stereocenters. The Morgan fingerprint density at radius 2 is 1.84 bits per heavy atom. The van der Waals surface area contributed by atoms with Crippen LogP contribution in [-0.4, -0.2) is 31.5 Å². The van der Waals surface area contributed by atoms with Gasteiger partial charge >= 0.3 is 0 Å². The third-order valence-electron chi connectivity index (χ3n) is 5.55. The van der Waals surface area contributed by atoms with E-state index in [1.807, 2.05) is 37.3 Å². The zero-order valence-electron chi connectivity index (χ0n) is 17.3. The van der Waals surface area contributed by atoms with Crippen LogP contribution in [0.3, 0.4) is 0 Å². The van der Waals surface area contributed by atoms with Crippen molar-refractivity contribution < 1.29 is 4.79 Å². The second-order valence-electron chi connectivity index (χ2n) is 7.46. The van der Waals surface area contributed by atoms with Crippen LogP contribution in [0.5, 0.6) is 0 Å². The fourth-order valence-corrected chi connectivity index (χ4v) is 4.75. The third kappa shape index (κ3) is 3.31. The number of benzene rings is 2. The molecule has 31 heavy (non-hydrogen) atoms. The Morgan fingerprint density at radius 1 is 1.10 bits per heavy atom. The molecule has 0 spiro atoms. The summed E-state index contributed by atoms with van der Waals surface area (Å²) in [7, 11) is 0. The van der Waals surface area contributed by atoms with Gasteiger partial charge in [0.2, 0.25) is 5.17 Å². The summed E-state index contributed by atoms with van der Waals surface area (Å²) in [5.74, 6) is -0.319. The number of nitrogens with one attached hydrogen (secondary N) is 1. The summed E-state index contributed by atoms with van der Waals surface area (Å²) in [5.41, 5.74) is 4.54. The highest BCUT2D eigenvalue weighted by Crippen LogP contribution is 2.32. The first-order valence-corrected chi connectivity index (χ1v) is 11.0. The molecule has 3 aromatic rings. The minimum absolute atomic E-state index is 0.0743. The van der Waals surface area contributed by atoms with Crippen molar-refractivity contribution in [3.05, 3.63) is 77.0 Å². The maximum absolute atomic E-state index is 12.8. The number of amides is 1. The average Bonchev–Trinajstić information content (AvgIpc) is 3.31. The van der Waals surface area contributed by atoms with Crippen molar-refractivity contribution in [2.24, 2.45) is 10.1 Å². The fourth-order valence-electron chi connectivity index (χ4n) is 3.93. The smallest absolute Gasteiger partial charge is 0.283 e. The van der Waals surface area contributed by atoms with E-state index in [0.29, 0.717) is 5.17 Å². The van der Waals surface area contributed by atoms with E-state index >= 15 is 0 Å². The van der Waals surface area contributed by atoms with Gasteiger partial charge in [-0.2, -0.15) is 15.1 Å². The van der Waals surface area contributed by atoms with Crippen molar-refractivity contribution in [3.8, 4) is 0 Å². The van der Waals surface area contributed by atoms with E-state index in [4.69, 9.17) is 5.41 Å². The predicted octanol–water partition coefficient (Wildman–Crippen LogP) is 5.03. The predicted molar refractivity (Wildman–Crippen MR) is 128 cm³/mol. The van der Waals surface area contributed by atoms with Gasteiger partial charge in [0.1, 0.15) is 5.04 Å². The van der Waals surface area contributed by atoms with Crippen molar-refractivity contribution in [1.82, 2.24) is 9.58 Å². The second-order valence-corrected chi connectivity index (χ2v) is 8.50. The Bertz CT molecular complexity index is 1320. The summed E-state index contributed by atoms with van der Waals surface area (Å²) in [6, 6.07) is 18.5. The number of carbonyl (C=O) groups excluding carboxylic acids is 1. The van der Waals surface area contributed by atoms with Crippen LogP contribution < -0.4 is 0 Å². The molecule has 2 aliphatic rings. The molecule has 1 N–H and O–H groups in total. The molecule has 0 aliphatic carbocycles. The summed E-state index contributed by atoms with van der Waals surface area (Å²) in [5, 5.41) is 16.9. The molecule has 2 aliphatic heterocycles. The molecule has 2 aromatic carbocycles. The SMILES string of the molecule is CCC1=NN2C(=N)/C(=C/c3c(C)n(Cc4ccccc4)c4ccccc34)C(=O)N=C2S1. The molecule has 0 saturated carbocycles. The van der Waals surface area contributed by atoms with Crippen LogP contribution >= 0.6 is 11.8 Å². The van der Waals surface area contributed by atoms with Gasteiger partial charge in [0.25, 0.3) is 5.91 Å². The normalized spacial score (nSPS) is 17.4. The maximum atomic E-state index is 12.8. The van der Waals surface area contributed by atoms with Gasteiger partial charge in [0, 0.05) is 28.7 Å². The van der Waals surface area contributed by atoms with Gasteiger partial charge in [-0.25, -0.2) is 0 Å². The third-order valence-corrected chi connectivity index (χ3v) is 6.60. The number of hydrazone groups is 1. The van der Waals surface area contributed by atoms with Crippen LogP contribution in [0.15, 0.2) is 70.3 Å². The molecule has 0 atom stereocenters. The lowest BCUT2D eigenvalue weighted by Gasteiger charge is -2.20. The molecule has 3 heterocycles. The molecule has 1 aromatic heterocycles. The van der Waals surface area contributed by atoms with E-state index < -0.39 is 5.91 Å². The number of aromatic nitrogens is 1. The van der Waals surface area contributed by atoms with Gasteiger partial charge in [0.15, 0.2) is 5.84 Å². The van der Waals surface area contributed by atoms with E-state index in [0.717, 1.165) is 40.2 Å². The zero-order chi connectivity index (χ0) is 21.5. The van der Waals surface area contributed by atoms with Crippen molar-refractivity contribution >= 4 is 50.7 Å². The maximum Gasteiger partial charge on any atom is 0.283 e. The number of aliphatic imine (C=N–C) groups is 1. The number of fused-ring (bicyclic) bond motifs is 2.